The van der Waals surface area contributed by atoms with Gasteiger partial charge in [0.2, 0.25) is 0 Å². The molecule has 1 amide bonds. The molecule has 5 heteroatoms. The first-order chi connectivity index (χ1) is 14.1. The summed E-state index contributed by atoms with van der Waals surface area (Å²) in [5.74, 6) is -0.868. The number of nitrogens with one attached hydrogen (secondary N) is 1. The maximum atomic E-state index is 12.6. The fourth-order valence-corrected chi connectivity index (χ4v) is 4.00. The molecule has 1 atom stereocenters. The van der Waals surface area contributed by atoms with Gasteiger partial charge in [0.05, 0.1) is 0 Å². The van der Waals surface area contributed by atoms with Gasteiger partial charge in [0, 0.05) is 16.0 Å². The van der Waals surface area contributed by atoms with E-state index in [-0.39, 0.29) is 5.91 Å². The number of ether oxygens (including phenoxy) is 1. The summed E-state index contributed by atoms with van der Waals surface area (Å²) in [4.78, 5) is 25.6. The first-order valence-corrected chi connectivity index (χ1v) is 10.1. The fourth-order valence-electron chi connectivity index (χ4n) is 3.05. The molecule has 0 radical (unpaired) electrons. The smallest absolute Gasteiger partial charge is 0.349 e. The molecule has 0 aliphatic heterocycles. The largest absolute Gasteiger partial charge is 0.448 e. The minimum absolute atomic E-state index is 0.372. The van der Waals surface area contributed by atoms with Crippen molar-refractivity contribution in [1.29, 1.82) is 0 Å². The molecule has 3 aromatic carbocycles. The Morgan fingerprint density at radius 1 is 0.897 bits per heavy atom. The highest BCUT2D eigenvalue weighted by atomic mass is 32.1. The molecule has 1 N–H and O–H groups in total. The Bertz CT molecular complexity index is 1130. The predicted molar refractivity (Wildman–Crippen MR) is 117 cm³/mol. The Morgan fingerprint density at radius 3 is 2.38 bits per heavy atom. The zero-order chi connectivity index (χ0) is 20.2. The molecule has 144 valence electrons. The van der Waals surface area contributed by atoms with Gasteiger partial charge in [-0.2, -0.15) is 0 Å². The van der Waals surface area contributed by atoms with E-state index in [2.05, 4.69) is 5.32 Å². The van der Waals surface area contributed by atoms with Gasteiger partial charge in [-0.05, 0) is 36.1 Å². The van der Waals surface area contributed by atoms with Gasteiger partial charge in [0.15, 0.2) is 6.10 Å². The lowest BCUT2D eigenvalue weighted by molar-refractivity contribution is -0.123. The summed E-state index contributed by atoms with van der Waals surface area (Å²) >= 11 is 1.36. The summed E-state index contributed by atoms with van der Waals surface area (Å²) in [7, 11) is 0. The van der Waals surface area contributed by atoms with Crippen molar-refractivity contribution < 1.29 is 14.3 Å². The summed E-state index contributed by atoms with van der Waals surface area (Å²) in [6.07, 6.45) is -0.920. The third-order valence-corrected chi connectivity index (χ3v) is 5.65. The molecule has 0 aliphatic carbocycles. The summed E-state index contributed by atoms with van der Waals surface area (Å²) < 4.78 is 6.41. The van der Waals surface area contributed by atoms with Crippen LogP contribution in [0.25, 0.3) is 21.2 Å². The number of esters is 1. The Kier molecular flexibility index (Phi) is 5.40. The van der Waals surface area contributed by atoms with Gasteiger partial charge < -0.3 is 10.1 Å². The van der Waals surface area contributed by atoms with Crippen molar-refractivity contribution in [2.24, 2.45) is 0 Å². The lowest BCUT2D eigenvalue weighted by Crippen LogP contribution is -2.30. The highest BCUT2D eigenvalue weighted by molar-refractivity contribution is 7.20. The molecular formula is C24H19NO3S. The second-order valence-corrected chi connectivity index (χ2v) is 7.68. The Balaban J connectivity index is 1.47. The van der Waals surface area contributed by atoms with Gasteiger partial charge in [-0.25, -0.2) is 4.79 Å². The highest BCUT2D eigenvalue weighted by Gasteiger charge is 2.21. The zero-order valence-electron chi connectivity index (χ0n) is 15.8. The van der Waals surface area contributed by atoms with Gasteiger partial charge in [-0.1, -0.05) is 66.7 Å². The lowest BCUT2D eigenvalue weighted by Gasteiger charge is -2.15. The van der Waals surface area contributed by atoms with Crippen LogP contribution in [0.2, 0.25) is 0 Å². The van der Waals surface area contributed by atoms with Crippen LogP contribution >= 0.6 is 11.3 Å². The molecule has 1 heterocycles. The molecule has 4 rings (SSSR count). The predicted octanol–water partition coefficient (Wildman–Crippen LogP) is 5.75. The molecule has 1 aromatic heterocycles. The fraction of sp³-hybridized carbons (Fsp3) is 0.0833. The average molecular weight is 401 g/mol. The van der Waals surface area contributed by atoms with Gasteiger partial charge in [-0.15, -0.1) is 11.3 Å². The molecular weight excluding hydrogens is 382 g/mol. The second kappa shape index (κ2) is 8.29. The van der Waals surface area contributed by atoms with Crippen LogP contribution in [0.15, 0.2) is 84.9 Å². The van der Waals surface area contributed by atoms with E-state index < -0.39 is 12.1 Å². The minimum Gasteiger partial charge on any atom is -0.448 e. The van der Waals surface area contributed by atoms with Crippen LogP contribution in [0.1, 0.15) is 16.6 Å². The van der Waals surface area contributed by atoms with Crippen molar-refractivity contribution in [2.45, 2.75) is 13.0 Å². The SMILES string of the molecule is C[C@@H](OC(=O)c1cc2ccccc2s1)C(=O)Nc1ccccc1-c1ccccc1. The van der Waals surface area contributed by atoms with Crippen LogP contribution in [0.3, 0.4) is 0 Å². The van der Waals surface area contributed by atoms with E-state index in [9.17, 15) is 9.59 Å². The molecule has 0 bridgehead atoms. The number of carbonyl (C=O) groups is 2. The van der Waals surface area contributed by atoms with E-state index in [1.54, 1.807) is 13.0 Å². The number of para-hydroxylation sites is 1. The standard InChI is InChI=1S/C24H19NO3S/c1-16(28-24(27)22-15-18-11-5-8-14-21(18)29-22)23(26)25-20-13-7-6-12-19(20)17-9-3-2-4-10-17/h2-16H,1H3,(H,25,26)/t16-/m1/s1. The molecule has 4 nitrogen and oxygen atoms in total. The van der Waals surface area contributed by atoms with E-state index in [1.807, 2.05) is 78.9 Å². The molecule has 0 fully saturated rings. The van der Waals surface area contributed by atoms with Crippen LogP contribution in [0.5, 0.6) is 0 Å². The average Bonchev–Trinajstić information content (AvgIpc) is 3.19. The third-order valence-electron chi connectivity index (χ3n) is 4.55. The molecule has 0 unspecified atom stereocenters. The maximum Gasteiger partial charge on any atom is 0.349 e. The number of thiophene rings is 1. The van der Waals surface area contributed by atoms with Gasteiger partial charge in [-0.3, -0.25) is 4.79 Å². The number of hydrogen-bond donors (Lipinski definition) is 1. The summed E-state index contributed by atoms with van der Waals surface area (Å²) in [6, 6.07) is 26.9. The van der Waals surface area contributed by atoms with E-state index in [0.717, 1.165) is 21.2 Å². The van der Waals surface area contributed by atoms with Crippen LogP contribution in [0.4, 0.5) is 5.69 Å². The van der Waals surface area contributed by atoms with Gasteiger partial charge in [0.1, 0.15) is 4.88 Å². The van der Waals surface area contributed by atoms with Crippen molar-refractivity contribution >= 4 is 39.0 Å². The van der Waals surface area contributed by atoms with E-state index in [0.29, 0.717) is 10.6 Å². The Hall–Kier alpha value is -3.44. The maximum absolute atomic E-state index is 12.6. The monoisotopic (exact) mass is 401 g/mol. The Labute approximate surface area is 172 Å². The molecule has 0 saturated heterocycles. The molecule has 0 spiro atoms. The van der Waals surface area contributed by atoms with Crippen LogP contribution < -0.4 is 5.32 Å². The van der Waals surface area contributed by atoms with Crippen molar-refractivity contribution in [3.05, 3.63) is 89.8 Å². The number of amides is 1. The first kappa shape index (κ1) is 18.9. The molecule has 29 heavy (non-hydrogen) atoms. The van der Waals surface area contributed by atoms with Crippen molar-refractivity contribution in [2.75, 3.05) is 5.32 Å². The van der Waals surface area contributed by atoms with Gasteiger partial charge in [0.25, 0.3) is 5.91 Å². The summed E-state index contributed by atoms with van der Waals surface area (Å²) in [6.45, 7) is 1.58. The zero-order valence-corrected chi connectivity index (χ0v) is 16.6. The number of fused-ring (bicyclic) bond motifs is 1. The van der Waals surface area contributed by atoms with Crippen LogP contribution in [0, 0.1) is 0 Å². The minimum atomic E-state index is -0.920. The Morgan fingerprint density at radius 2 is 1.59 bits per heavy atom. The number of benzene rings is 3. The molecule has 0 aliphatic rings. The van der Waals surface area contributed by atoms with Crippen molar-refractivity contribution in [1.82, 2.24) is 0 Å². The summed E-state index contributed by atoms with van der Waals surface area (Å²) in [5, 5.41) is 3.86. The van der Waals surface area contributed by atoms with Crippen LogP contribution in [-0.4, -0.2) is 18.0 Å². The lowest BCUT2D eigenvalue weighted by atomic mass is 10.0. The summed E-state index contributed by atoms with van der Waals surface area (Å²) in [5.41, 5.74) is 2.58. The van der Waals surface area contributed by atoms with Gasteiger partial charge >= 0.3 is 5.97 Å². The first-order valence-electron chi connectivity index (χ1n) is 9.27. The molecule has 0 saturated carbocycles. The van der Waals surface area contributed by atoms with E-state index in [4.69, 9.17) is 4.74 Å². The van der Waals surface area contributed by atoms with Crippen LogP contribution in [-0.2, 0) is 9.53 Å². The number of rotatable bonds is 5. The number of hydrogen-bond acceptors (Lipinski definition) is 4. The topological polar surface area (TPSA) is 55.4 Å². The van der Waals surface area contributed by atoms with E-state index in [1.165, 1.54) is 11.3 Å². The van der Waals surface area contributed by atoms with Crippen molar-refractivity contribution in [3.63, 3.8) is 0 Å². The number of anilines is 1. The van der Waals surface area contributed by atoms with Crippen molar-refractivity contribution in [3.8, 4) is 11.1 Å². The quantitative estimate of drug-likeness (QED) is 0.433. The normalized spacial score (nSPS) is 11.8. The van der Waals surface area contributed by atoms with E-state index >= 15 is 0 Å². The number of carbonyl (C=O) groups excluding carboxylic acids is 2. The molecule has 4 aromatic rings. The highest BCUT2D eigenvalue weighted by Crippen LogP contribution is 2.28. The third kappa shape index (κ3) is 4.20. The second-order valence-electron chi connectivity index (χ2n) is 6.60.